The van der Waals surface area contributed by atoms with Gasteiger partial charge in [0.1, 0.15) is 0 Å². The first-order valence-corrected chi connectivity index (χ1v) is 8.31. The molecule has 1 aromatic rings. The van der Waals surface area contributed by atoms with E-state index in [4.69, 9.17) is 0 Å². The number of benzene rings is 1. The van der Waals surface area contributed by atoms with Crippen molar-refractivity contribution in [1.82, 2.24) is 10.2 Å². The summed E-state index contributed by atoms with van der Waals surface area (Å²) in [5.41, 5.74) is 3.01. The average Bonchev–Trinajstić information content (AvgIpc) is 2.34. The van der Waals surface area contributed by atoms with Gasteiger partial charge in [0.2, 0.25) is 0 Å². The lowest BCUT2D eigenvalue weighted by atomic mass is 10.0. The van der Waals surface area contributed by atoms with E-state index >= 15 is 0 Å². The van der Waals surface area contributed by atoms with Crippen LogP contribution in [0.15, 0.2) is 24.3 Å². The molecule has 0 unspecified atom stereocenters. The first-order chi connectivity index (χ1) is 8.92. The van der Waals surface area contributed by atoms with E-state index in [-0.39, 0.29) is 5.54 Å². The van der Waals surface area contributed by atoms with Crippen LogP contribution in [0.3, 0.4) is 0 Å². The zero-order chi connectivity index (χ0) is 14.3. The maximum absolute atomic E-state index is 3.57. The van der Waals surface area contributed by atoms with E-state index in [1.165, 1.54) is 16.9 Å². The van der Waals surface area contributed by atoms with Crippen LogP contribution >= 0.6 is 11.8 Å². The van der Waals surface area contributed by atoms with E-state index in [9.17, 15) is 0 Å². The quantitative estimate of drug-likeness (QED) is 0.824. The Hall–Kier alpha value is -0.510. The largest absolute Gasteiger partial charge is 0.308 e. The predicted molar refractivity (Wildman–Crippen MR) is 87.8 cm³/mol. The Morgan fingerprint density at radius 1 is 1.16 bits per heavy atom. The topological polar surface area (TPSA) is 15.3 Å². The van der Waals surface area contributed by atoms with Gasteiger partial charge in [0.25, 0.3) is 0 Å². The number of thioether (sulfide) groups is 1. The summed E-state index contributed by atoms with van der Waals surface area (Å²) >= 11 is 1.90. The second-order valence-corrected chi connectivity index (χ2v) is 7.09. The number of nitrogens with zero attached hydrogens (tertiary/aromatic N) is 1. The van der Waals surface area contributed by atoms with Gasteiger partial charge in [-0.15, -0.1) is 0 Å². The Morgan fingerprint density at radius 3 is 2.37 bits per heavy atom. The molecule has 0 aliphatic carbocycles. The zero-order valence-electron chi connectivity index (χ0n) is 13.0. The molecule has 0 heterocycles. The van der Waals surface area contributed by atoms with Crippen LogP contribution in [0.2, 0.25) is 0 Å². The van der Waals surface area contributed by atoms with Crippen LogP contribution in [0.1, 0.15) is 31.9 Å². The van der Waals surface area contributed by atoms with Gasteiger partial charge < -0.3 is 10.2 Å². The van der Waals surface area contributed by atoms with E-state index in [0.717, 1.165) is 19.6 Å². The third kappa shape index (κ3) is 7.00. The summed E-state index contributed by atoms with van der Waals surface area (Å²) < 4.78 is 0. The summed E-state index contributed by atoms with van der Waals surface area (Å²) in [6.07, 6.45) is 2.16. The van der Waals surface area contributed by atoms with Crippen molar-refractivity contribution >= 4 is 11.8 Å². The molecule has 0 bridgehead atoms. The monoisotopic (exact) mass is 280 g/mol. The summed E-state index contributed by atoms with van der Waals surface area (Å²) in [4.78, 5) is 2.40. The maximum atomic E-state index is 3.57. The minimum absolute atomic E-state index is 0.165. The molecule has 1 aromatic carbocycles. The molecule has 0 fully saturated rings. The summed E-state index contributed by atoms with van der Waals surface area (Å²) in [6, 6.07) is 8.75. The van der Waals surface area contributed by atoms with Gasteiger partial charge in [0.05, 0.1) is 0 Å². The summed E-state index contributed by atoms with van der Waals surface area (Å²) in [5, 5.41) is 3.57. The van der Waals surface area contributed by atoms with Gasteiger partial charge in [0, 0.05) is 30.9 Å². The fourth-order valence-electron chi connectivity index (χ4n) is 1.86. The predicted octanol–water partition coefficient (Wildman–Crippen LogP) is 3.37. The highest BCUT2D eigenvalue weighted by Gasteiger charge is 2.10. The van der Waals surface area contributed by atoms with Crippen molar-refractivity contribution in [3.63, 3.8) is 0 Å². The van der Waals surface area contributed by atoms with Crippen LogP contribution < -0.4 is 5.32 Å². The van der Waals surface area contributed by atoms with Gasteiger partial charge in [-0.25, -0.2) is 0 Å². The molecule has 19 heavy (non-hydrogen) atoms. The minimum Gasteiger partial charge on any atom is -0.308 e. The van der Waals surface area contributed by atoms with E-state index in [0.29, 0.717) is 0 Å². The number of hydrogen-bond acceptors (Lipinski definition) is 3. The fraction of sp³-hybridized carbons (Fsp3) is 0.625. The van der Waals surface area contributed by atoms with Crippen molar-refractivity contribution < 1.29 is 0 Å². The van der Waals surface area contributed by atoms with Crippen LogP contribution in [-0.4, -0.2) is 36.0 Å². The molecule has 0 radical (unpaired) electrons. The molecule has 108 valence electrons. The van der Waals surface area contributed by atoms with Crippen molar-refractivity contribution in [3.05, 3.63) is 35.4 Å². The second-order valence-electron chi connectivity index (χ2n) is 6.10. The molecular weight excluding hydrogens is 252 g/mol. The summed E-state index contributed by atoms with van der Waals surface area (Å²) in [5.74, 6) is 1.19. The highest BCUT2D eigenvalue weighted by atomic mass is 32.2. The molecule has 3 heteroatoms. The molecule has 0 saturated carbocycles. The Kier molecular flexibility index (Phi) is 6.90. The third-order valence-corrected chi connectivity index (χ3v) is 3.64. The normalized spacial score (nSPS) is 12.1. The van der Waals surface area contributed by atoms with Crippen LogP contribution in [-0.2, 0) is 13.1 Å². The summed E-state index contributed by atoms with van der Waals surface area (Å²) in [6.45, 7) is 9.74. The standard InChI is InChI=1S/C16H28N2S/c1-16(2,3)17-12-14-8-6-7-9-15(14)13-18(4)10-11-19-5/h6-9,17H,10-13H2,1-5H3. The van der Waals surface area contributed by atoms with Crippen LogP contribution in [0.5, 0.6) is 0 Å². The van der Waals surface area contributed by atoms with Crippen molar-refractivity contribution in [2.24, 2.45) is 0 Å². The molecule has 1 rings (SSSR count). The van der Waals surface area contributed by atoms with Gasteiger partial charge in [-0.2, -0.15) is 11.8 Å². The zero-order valence-corrected chi connectivity index (χ0v) is 13.8. The van der Waals surface area contributed by atoms with Crippen molar-refractivity contribution in [3.8, 4) is 0 Å². The van der Waals surface area contributed by atoms with Gasteiger partial charge in [0.15, 0.2) is 0 Å². The van der Waals surface area contributed by atoms with Crippen molar-refractivity contribution in [2.45, 2.75) is 39.4 Å². The van der Waals surface area contributed by atoms with Gasteiger partial charge in [-0.1, -0.05) is 24.3 Å². The Labute approximate surface area is 123 Å². The summed E-state index contributed by atoms with van der Waals surface area (Å²) in [7, 11) is 2.20. The third-order valence-electron chi connectivity index (χ3n) is 3.04. The first kappa shape index (κ1) is 16.5. The smallest absolute Gasteiger partial charge is 0.0234 e. The Bertz CT molecular complexity index is 371. The van der Waals surface area contributed by atoms with Crippen LogP contribution in [0.4, 0.5) is 0 Å². The average molecular weight is 280 g/mol. The molecule has 1 N–H and O–H groups in total. The first-order valence-electron chi connectivity index (χ1n) is 6.91. The molecule has 0 aliphatic heterocycles. The van der Waals surface area contributed by atoms with Crippen molar-refractivity contribution in [2.75, 3.05) is 25.6 Å². The van der Waals surface area contributed by atoms with E-state index < -0.39 is 0 Å². The molecule has 0 saturated heterocycles. The molecule has 0 amide bonds. The molecule has 0 atom stereocenters. The SMILES string of the molecule is CSCCN(C)Cc1ccccc1CNC(C)(C)C. The van der Waals surface area contributed by atoms with Crippen LogP contribution in [0.25, 0.3) is 0 Å². The number of rotatable bonds is 7. The molecular formula is C16H28N2S. The second kappa shape index (κ2) is 7.93. The molecule has 0 aromatic heterocycles. The van der Waals surface area contributed by atoms with E-state index in [1.54, 1.807) is 0 Å². The molecule has 0 aliphatic rings. The minimum atomic E-state index is 0.165. The van der Waals surface area contributed by atoms with Crippen molar-refractivity contribution in [1.29, 1.82) is 0 Å². The van der Waals surface area contributed by atoms with Crippen LogP contribution in [0, 0.1) is 0 Å². The maximum Gasteiger partial charge on any atom is 0.0234 e. The fourth-order valence-corrected chi connectivity index (χ4v) is 2.36. The lowest BCUT2D eigenvalue weighted by Gasteiger charge is -2.23. The molecule has 2 nitrogen and oxygen atoms in total. The lowest BCUT2D eigenvalue weighted by molar-refractivity contribution is 0.346. The Morgan fingerprint density at radius 2 is 1.79 bits per heavy atom. The Balaban J connectivity index is 2.62. The van der Waals surface area contributed by atoms with Gasteiger partial charge >= 0.3 is 0 Å². The highest BCUT2D eigenvalue weighted by molar-refractivity contribution is 7.98. The van der Waals surface area contributed by atoms with Gasteiger partial charge in [-0.05, 0) is 45.2 Å². The number of hydrogen-bond donors (Lipinski definition) is 1. The molecule has 0 spiro atoms. The highest BCUT2D eigenvalue weighted by Crippen LogP contribution is 2.13. The van der Waals surface area contributed by atoms with E-state index in [1.807, 2.05) is 11.8 Å². The van der Waals surface area contributed by atoms with E-state index in [2.05, 4.69) is 68.6 Å². The lowest BCUT2D eigenvalue weighted by Crippen LogP contribution is -2.35. The number of nitrogens with one attached hydrogen (secondary N) is 1. The van der Waals surface area contributed by atoms with Gasteiger partial charge in [-0.3, -0.25) is 0 Å².